The third kappa shape index (κ3) is 2.87. The number of hydrogen-bond acceptors (Lipinski definition) is 6. The van der Waals surface area contributed by atoms with Crippen molar-refractivity contribution in [2.24, 2.45) is 0 Å². The normalized spacial score (nSPS) is 21.8. The van der Waals surface area contributed by atoms with Gasteiger partial charge in [0, 0.05) is 12.1 Å². The lowest BCUT2D eigenvalue weighted by Crippen LogP contribution is -2.35. The van der Waals surface area contributed by atoms with Gasteiger partial charge in [0.2, 0.25) is 10.0 Å². The lowest BCUT2D eigenvalue weighted by atomic mass is 10.3. The fraction of sp³-hybridized carbons (Fsp3) is 0.364. The van der Waals surface area contributed by atoms with Crippen molar-refractivity contribution in [2.75, 3.05) is 11.5 Å². The average molecular weight is 332 g/mol. The maximum absolute atomic E-state index is 12.2. The van der Waals surface area contributed by atoms with Crippen molar-refractivity contribution in [1.82, 2.24) is 9.71 Å². The van der Waals surface area contributed by atoms with E-state index < -0.39 is 31.7 Å². The summed E-state index contributed by atoms with van der Waals surface area (Å²) >= 11 is 0. The Kier molecular flexibility index (Phi) is 3.19. The van der Waals surface area contributed by atoms with E-state index in [1.165, 1.54) is 18.2 Å². The van der Waals surface area contributed by atoms with Gasteiger partial charge in [0.25, 0.3) is 0 Å². The molecule has 0 aliphatic carbocycles. The molecule has 1 fully saturated rings. The number of benzene rings is 1. The van der Waals surface area contributed by atoms with Gasteiger partial charge in [-0.3, -0.25) is 4.98 Å². The van der Waals surface area contributed by atoms with Crippen LogP contribution < -0.4 is 10.5 Å². The third-order valence-electron chi connectivity index (χ3n) is 3.26. The molecular formula is C11H12N2O6S2. The molecule has 0 bridgehead atoms. The van der Waals surface area contributed by atoms with Crippen molar-refractivity contribution in [3.8, 4) is 0 Å². The van der Waals surface area contributed by atoms with Gasteiger partial charge >= 0.3 is 5.76 Å². The standard InChI is InChI=1S/C11H12N2O6S2/c14-11-12-9-2-1-8(5-10(9)19-11)21(17,18)13-7-3-4-20(15,16)6-7/h1-2,5,7,13H,3-4,6H2,(H,12,14)/t7-/m1/s1. The highest BCUT2D eigenvalue weighted by molar-refractivity contribution is 7.92. The first kappa shape index (κ1) is 14.3. The van der Waals surface area contributed by atoms with Crippen LogP contribution in [0, 0.1) is 0 Å². The van der Waals surface area contributed by atoms with E-state index in [1.54, 1.807) is 0 Å². The molecule has 1 aliphatic rings. The summed E-state index contributed by atoms with van der Waals surface area (Å²) in [6.45, 7) is 0. The number of nitrogens with one attached hydrogen (secondary N) is 2. The van der Waals surface area contributed by atoms with Crippen LogP contribution in [0.15, 0.2) is 32.3 Å². The van der Waals surface area contributed by atoms with Gasteiger partial charge in [-0.15, -0.1) is 0 Å². The van der Waals surface area contributed by atoms with Crippen molar-refractivity contribution in [3.63, 3.8) is 0 Å². The van der Waals surface area contributed by atoms with Crippen LogP contribution in [0.25, 0.3) is 11.1 Å². The number of sulfonamides is 1. The van der Waals surface area contributed by atoms with E-state index in [9.17, 15) is 21.6 Å². The molecule has 1 atom stereocenters. The SMILES string of the molecule is O=c1[nH]c2ccc(S(=O)(=O)N[C@@H]3CCS(=O)(=O)C3)cc2o1. The van der Waals surface area contributed by atoms with Crippen LogP contribution >= 0.6 is 0 Å². The van der Waals surface area contributed by atoms with Crippen molar-refractivity contribution in [2.45, 2.75) is 17.4 Å². The first-order valence-electron chi connectivity index (χ1n) is 6.11. The molecule has 3 rings (SSSR count). The minimum absolute atomic E-state index is 0.0219. The van der Waals surface area contributed by atoms with Crippen LogP contribution in [0.1, 0.15) is 6.42 Å². The fourth-order valence-electron chi connectivity index (χ4n) is 2.27. The van der Waals surface area contributed by atoms with E-state index in [-0.39, 0.29) is 28.4 Å². The van der Waals surface area contributed by atoms with E-state index in [0.29, 0.717) is 5.52 Å². The summed E-state index contributed by atoms with van der Waals surface area (Å²) < 4.78 is 54.3. The van der Waals surface area contributed by atoms with E-state index in [0.717, 1.165) is 0 Å². The Morgan fingerprint density at radius 2 is 2.10 bits per heavy atom. The van der Waals surface area contributed by atoms with Crippen LogP contribution in [-0.2, 0) is 19.9 Å². The predicted molar refractivity (Wildman–Crippen MR) is 74.2 cm³/mol. The number of hydrogen-bond donors (Lipinski definition) is 2. The second-order valence-electron chi connectivity index (χ2n) is 4.89. The number of sulfone groups is 1. The summed E-state index contributed by atoms with van der Waals surface area (Å²) in [6.07, 6.45) is 0.253. The number of fused-ring (bicyclic) bond motifs is 1. The first-order valence-corrected chi connectivity index (χ1v) is 9.41. The molecule has 2 aromatic rings. The smallest absolute Gasteiger partial charge is 0.408 e. The Bertz CT molecular complexity index is 954. The average Bonchev–Trinajstić information content (AvgIpc) is 2.89. The maximum Gasteiger partial charge on any atom is 0.417 e. The molecule has 1 aromatic carbocycles. The van der Waals surface area contributed by atoms with E-state index >= 15 is 0 Å². The Hall–Kier alpha value is -1.65. The van der Waals surface area contributed by atoms with Crippen molar-refractivity contribution < 1.29 is 21.3 Å². The number of rotatable bonds is 3. The largest absolute Gasteiger partial charge is 0.417 e. The highest BCUT2D eigenvalue weighted by Gasteiger charge is 2.31. The minimum atomic E-state index is -3.87. The zero-order valence-corrected chi connectivity index (χ0v) is 12.3. The molecule has 21 heavy (non-hydrogen) atoms. The monoisotopic (exact) mass is 332 g/mol. The molecular weight excluding hydrogens is 320 g/mol. The molecule has 8 nitrogen and oxygen atoms in total. The van der Waals surface area contributed by atoms with Gasteiger partial charge in [0.05, 0.1) is 21.9 Å². The Morgan fingerprint density at radius 3 is 2.76 bits per heavy atom. The molecule has 0 spiro atoms. The van der Waals surface area contributed by atoms with Crippen LogP contribution in [0.3, 0.4) is 0 Å². The molecule has 1 aliphatic heterocycles. The summed E-state index contributed by atoms with van der Waals surface area (Å²) in [7, 11) is -7.04. The molecule has 114 valence electrons. The first-order chi connectivity index (χ1) is 9.75. The Balaban J connectivity index is 1.91. The number of H-pyrrole nitrogens is 1. The van der Waals surface area contributed by atoms with Crippen molar-refractivity contribution in [1.29, 1.82) is 0 Å². The van der Waals surface area contributed by atoms with Gasteiger partial charge < -0.3 is 4.42 Å². The van der Waals surface area contributed by atoms with E-state index in [1.807, 2.05) is 0 Å². The zero-order chi connectivity index (χ0) is 15.3. The quantitative estimate of drug-likeness (QED) is 0.786. The fourth-order valence-corrected chi connectivity index (χ4v) is 5.33. The lowest BCUT2D eigenvalue weighted by Gasteiger charge is -2.11. The van der Waals surface area contributed by atoms with Crippen LogP contribution in [-0.4, -0.2) is 39.4 Å². The van der Waals surface area contributed by atoms with Crippen LogP contribution in [0.4, 0.5) is 0 Å². The van der Waals surface area contributed by atoms with Gasteiger partial charge in [-0.2, -0.15) is 0 Å². The zero-order valence-electron chi connectivity index (χ0n) is 10.7. The molecule has 2 N–H and O–H groups in total. The Labute approximate surface area is 120 Å². The molecule has 2 heterocycles. The van der Waals surface area contributed by atoms with Gasteiger partial charge in [0.15, 0.2) is 15.4 Å². The number of oxazole rings is 1. The molecule has 0 amide bonds. The molecule has 0 unspecified atom stereocenters. The lowest BCUT2D eigenvalue weighted by molar-refractivity contribution is 0.551. The molecule has 1 saturated heterocycles. The highest BCUT2D eigenvalue weighted by Crippen LogP contribution is 2.19. The summed E-state index contributed by atoms with van der Waals surface area (Å²) in [5, 5.41) is 0. The number of aromatic nitrogens is 1. The third-order valence-corrected chi connectivity index (χ3v) is 6.54. The molecule has 0 radical (unpaired) electrons. The van der Waals surface area contributed by atoms with Gasteiger partial charge in [-0.25, -0.2) is 26.4 Å². The van der Waals surface area contributed by atoms with E-state index in [4.69, 9.17) is 4.42 Å². The second-order valence-corrected chi connectivity index (χ2v) is 8.84. The molecule has 0 saturated carbocycles. The summed E-state index contributed by atoms with van der Waals surface area (Å²) in [6, 6.07) is 3.33. The van der Waals surface area contributed by atoms with Crippen LogP contribution in [0.2, 0.25) is 0 Å². The van der Waals surface area contributed by atoms with Crippen molar-refractivity contribution in [3.05, 3.63) is 28.7 Å². The summed E-state index contributed by atoms with van der Waals surface area (Å²) in [4.78, 5) is 13.4. The van der Waals surface area contributed by atoms with E-state index in [2.05, 4.69) is 9.71 Å². The van der Waals surface area contributed by atoms with Gasteiger partial charge in [-0.05, 0) is 18.6 Å². The highest BCUT2D eigenvalue weighted by atomic mass is 32.2. The summed E-state index contributed by atoms with van der Waals surface area (Å²) in [5.74, 6) is -0.894. The van der Waals surface area contributed by atoms with Crippen LogP contribution in [0.5, 0.6) is 0 Å². The topological polar surface area (TPSA) is 126 Å². The molecule has 1 aromatic heterocycles. The Morgan fingerprint density at radius 1 is 1.33 bits per heavy atom. The summed E-state index contributed by atoms with van der Waals surface area (Å²) in [5.41, 5.74) is 0.518. The van der Waals surface area contributed by atoms with Gasteiger partial charge in [0.1, 0.15) is 0 Å². The van der Waals surface area contributed by atoms with Crippen molar-refractivity contribution >= 4 is 31.0 Å². The number of aromatic amines is 1. The van der Waals surface area contributed by atoms with Gasteiger partial charge in [-0.1, -0.05) is 0 Å². The molecule has 10 heteroatoms. The minimum Gasteiger partial charge on any atom is -0.408 e. The predicted octanol–water partition coefficient (Wildman–Crippen LogP) is -0.413. The maximum atomic E-state index is 12.2. The second kappa shape index (κ2) is 4.68.